The zero-order chi connectivity index (χ0) is 20.9. The van der Waals surface area contributed by atoms with E-state index in [1.807, 2.05) is 29.9 Å². The molecule has 30 heavy (non-hydrogen) atoms. The van der Waals surface area contributed by atoms with Crippen LogP contribution in [0.5, 0.6) is 0 Å². The van der Waals surface area contributed by atoms with E-state index in [0.29, 0.717) is 5.92 Å². The third-order valence-electron chi connectivity index (χ3n) is 6.76. The molecule has 2 aromatic rings. The quantitative estimate of drug-likeness (QED) is 0.780. The second-order valence-corrected chi connectivity index (χ2v) is 8.70. The highest BCUT2D eigenvalue weighted by Gasteiger charge is 2.28. The summed E-state index contributed by atoms with van der Waals surface area (Å²) in [5.41, 5.74) is 3.48. The van der Waals surface area contributed by atoms with Crippen LogP contribution in [0.2, 0.25) is 0 Å². The molecule has 1 aromatic heterocycles. The number of rotatable bonds is 6. The van der Waals surface area contributed by atoms with Gasteiger partial charge >= 0.3 is 0 Å². The Kier molecular flexibility index (Phi) is 6.72. The van der Waals surface area contributed by atoms with Crippen molar-refractivity contribution in [3.63, 3.8) is 0 Å². The van der Waals surface area contributed by atoms with Crippen LogP contribution >= 0.6 is 0 Å². The maximum atomic E-state index is 12.8. The number of benzene rings is 1. The van der Waals surface area contributed by atoms with E-state index in [1.54, 1.807) is 0 Å². The number of aryl methyl sites for hydroxylation is 1. The van der Waals surface area contributed by atoms with Crippen LogP contribution in [-0.2, 0) is 11.3 Å². The zero-order valence-electron chi connectivity index (χ0n) is 18.4. The van der Waals surface area contributed by atoms with Crippen molar-refractivity contribution < 1.29 is 4.79 Å². The topological polar surface area (TPSA) is 53.4 Å². The van der Waals surface area contributed by atoms with Crippen LogP contribution < -0.4 is 10.2 Å². The Labute approximate surface area is 180 Å². The highest BCUT2D eigenvalue weighted by atomic mass is 16.2. The number of nitrogens with zero attached hydrogens (tertiary/aromatic N) is 4. The van der Waals surface area contributed by atoms with Gasteiger partial charge in [-0.1, -0.05) is 0 Å². The molecule has 0 radical (unpaired) electrons. The van der Waals surface area contributed by atoms with E-state index >= 15 is 0 Å². The first-order valence-electron chi connectivity index (χ1n) is 11.6. The number of nitrogens with one attached hydrogen (secondary N) is 1. The molecule has 2 aliphatic rings. The summed E-state index contributed by atoms with van der Waals surface area (Å²) >= 11 is 0. The lowest BCUT2D eigenvalue weighted by Crippen LogP contribution is -2.45. The van der Waals surface area contributed by atoms with Gasteiger partial charge in [-0.2, -0.15) is 5.10 Å². The Morgan fingerprint density at radius 3 is 2.43 bits per heavy atom. The number of amides is 1. The lowest BCUT2D eigenvalue weighted by Gasteiger charge is -2.35. The lowest BCUT2D eigenvalue weighted by molar-refractivity contribution is -0.121. The summed E-state index contributed by atoms with van der Waals surface area (Å²) in [6, 6.07) is 8.21. The molecule has 2 fully saturated rings. The average Bonchev–Trinajstić information content (AvgIpc) is 3.29. The fourth-order valence-corrected chi connectivity index (χ4v) is 4.70. The normalized spacial score (nSPS) is 19.6. The summed E-state index contributed by atoms with van der Waals surface area (Å²) < 4.78 is 1.99. The summed E-state index contributed by atoms with van der Waals surface area (Å²) in [6.45, 7) is 9.22. The maximum absolute atomic E-state index is 12.8. The fraction of sp³-hybridized carbons (Fsp3) is 0.583. The van der Waals surface area contributed by atoms with Gasteiger partial charge < -0.3 is 10.2 Å². The van der Waals surface area contributed by atoms with Crippen LogP contribution in [0.3, 0.4) is 0 Å². The number of hydrogen-bond acceptors (Lipinski definition) is 4. The van der Waals surface area contributed by atoms with Gasteiger partial charge in [0.2, 0.25) is 5.91 Å². The van der Waals surface area contributed by atoms with Crippen molar-refractivity contribution in [2.45, 2.75) is 64.5 Å². The Balaban J connectivity index is 1.27. The minimum Gasteiger partial charge on any atom is -0.372 e. The highest BCUT2D eigenvalue weighted by molar-refractivity contribution is 5.94. The molecule has 2 saturated heterocycles. The second-order valence-electron chi connectivity index (χ2n) is 8.70. The molecule has 1 unspecified atom stereocenters. The van der Waals surface area contributed by atoms with Crippen molar-refractivity contribution in [1.82, 2.24) is 14.7 Å². The van der Waals surface area contributed by atoms with Gasteiger partial charge in [-0.05, 0) is 94.8 Å². The molecule has 6 nitrogen and oxygen atoms in total. The van der Waals surface area contributed by atoms with Gasteiger partial charge in [-0.15, -0.1) is 0 Å². The lowest BCUT2D eigenvalue weighted by atomic mass is 9.91. The predicted octanol–water partition coefficient (Wildman–Crippen LogP) is 4.10. The third kappa shape index (κ3) is 4.86. The minimum absolute atomic E-state index is 0.0815. The highest BCUT2D eigenvalue weighted by Crippen LogP contribution is 2.29. The van der Waals surface area contributed by atoms with Gasteiger partial charge in [0.05, 0.1) is 12.2 Å². The first-order valence-corrected chi connectivity index (χ1v) is 11.6. The van der Waals surface area contributed by atoms with Gasteiger partial charge in [-0.3, -0.25) is 14.4 Å². The van der Waals surface area contributed by atoms with Crippen molar-refractivity contribution >= 4 is 17.3 Å². The first-order chi connectivity index (χ1) is 14.6. The molecule has 0 spiro atoms. The van der Waals surface area contributed by atoms with Gasteiger partial charge in [0.1, 0.15) is 0 Å². The predicted molar refractivity (Wildman–Crippen MR) is 122 cm³/mol. The molecule has 162 valence electrons. The first kappa shape index (κ1) is 20.9. The zero-order valence-corrected chi connectivity index (χ0v) is 18.4. The van der Waals surface area contributed by atoms with Gasteiger partial charge in [-0.25, -0.2) is 0 Å². The summed E-state index contributed by atoms with van der Waals surface area (Å²) in [6.07, 6.45) is 10.2. The standard InChI is InChI=1S/C24H35N5O/c1-3-29-18-21(17-25-29)20-11-15-27(16-12-20)19(2)24(30)26-22-7-9-23(10-8-22)28-13-5-4-6-14-28/h7-10,17-20H,3-6,11-16H2,1-2H3,(H,26,30). The Bertz CT molecular complexity index is 816. The molecule has 1 atom stereocenters. The molecule has 2 aliphatic heterocycles. The molecular weight excluding hydrogens is 374 g/mol. The van der Waals surface area contributed by atoms with Crippen molar-refractivity contribution in [2.24, 2.45) is 0 Å². The minimum atomic E-state index is -0.119. The number of hydrogen-bond donors (Lipinski definition) is 1. The van der Waals surface area contributed by atoms with Crippen LogP contribution in [0.4, 0.5) is 11.4 Å². The summed E-state index contributed by atoms with van der Waals surface area (Å²) in [5, 5.41) is 7.52. The van der Waals surface area contributed by atoms with Crippen LogP contribution in [0.15, 0.2) is 36.7 Å². The maximum Gasteiger partial charge on any atom is 0.241 e. The van der Waals surface area contributed by atoms with E-state index in [1.165, 1.54) is 30.5 Å². The van der Waals surface area contributed by atoms with E-state index in [-0.39, 0.29) is 11.9 Å². The summed E-state index contributed by atoms with van der Waals surface area (Å²) in [7, 11) is 0. The largest absolute Gasteiger partial charge is 0.372 e. The van der Waals surface area contributed by atoms with E-state index in [0.717, 1.165) is 51.3 Å². The van der Waals surface area contributed by atoms with Crippen molar-refractivity contribution in [3.8, 4) is 0 Å². The molecule has 1 N–H and O–H groups in total. The molecule has 3 heterocycles. The van der Waals surface area contributed by atoms with E-state index in [2.05, 4.69) is 45.5 Å². The molecule has 4 rings (SSSR count). The van der Waals surface area contributed by atoms with Gasteiger partial charge in [0, 0.05) is 37.2 Å². The average molecular weight is 410 g/mol. The number of anilines is 2. The Hall–Kier alpha value is -2.34. The number of carbonyl (C=O) groups excluding carboxylic acids is 1. The number of aromatic nitrogens is 2. The number of carbonyl (C=O) groups is 1. The fourth-order valence-electron chi connectivity index (χ4n) is 4.70. The van der Waals surface area contributed by atoms with E-state index < -0.39 is 0 Å². The van der Waals surface area contributed by atoms with Crippen molar-refractivity contribution in [1.29, 1.82) is 0 Å². The SMILES string of the molecule is CCn1cc(C2CCN(C(C)C(=O)Nc3ccc(N4CCCCC4)cc3)CC2)cn1. The summed E-state index contributed by atoms with van der Waals surface area (Å²) in [5.74, 6) is 0.636. The van der Waals surface area contributed by atoms with E-state index in [4.69, 9.17) is 0 Å². The van der Waals surface area contributed by atoms with Crippen LogP contribution in [0, 0.1) is 0 Å². The van der Waals surface area contributed by atoms with Crippen LogP contribution in [0.1, 0.15) is 57.4 Å². The van der Waals surface area contributed by atoms with Crippen LogP contribution in [0.25, 0.3) is 0 Å². The van der Waals surface area contributed by atoms with E-state index in [9.17, 15) is 4.79 Å². The number of likely N-dealkylation sites (tertiary alicyclic amines) is 1. The van der Waals surface area contributed by atoms with Crippen molar-refractivity contribution in [2.75, 3.05) is 36.4 Å². The van der Waals surface area contributed by atoms with Gasteiger partial charge in [0.15, 0.2) is 0 Å². The summed E-state index contributed by atoms with van der Waals surface area (Å²) in [4.78, 5) is 17.6. The Morgan fingerprint density at radius 2 is 1.80 bits per heavy atom. The molecule has 1 aromatic carbocycles. The number of piperidine rings is 2. The third-order valence-corrected chi connectivity index (χ3v) is 6.76. The molecule has 0 aliphatic carbocycles. The molecular formula is C24H35N5O. The molecule has 6 heteroatoms. The molecule has 0 bridgehead atoms. The van der Waals surface area contributed by atoms with Crippen molar-refractivity contribution in [3.05, 3.63) is 42.2 Å². The molecule has 0 saturated carbocycles. The molecule has 1 amide bonds. The van der Waals surface area contributed by atoms with Crippen LogP contribution in [-0.4, -0.2) is 52.8 Å². The Morgan fingerprint density at radius 1 is 1.10 bits per heavy atom. The second kappa shape index (κ2) is 9.65. The smallest absolute Gasteiger partial charge is 0.241 e. The monoisotopic (exact) mass is 409 g/mol. The van der Waals surface area contributed by atoms with Gasteiger partial charge in [0.25, 0.3) is 0 Å².